The van der Waals surface area contributed by atoms with E-state index in [9.17, 15) is 14.7 Å². The summed E-state index contributed by atoms with van der Waals surface area (Å²) in [5.41, 5.74) is 2.04. The molecule has 0 unspecified atom stereocenters. The number of aromatic nitrogens is 3. The molecule has 0 bridgehead atoms. The number of hydrogen-bond donors (Lipinski definition) is 2. The Morgan fingerprint density at radius 3 is 2.33 bits per heavy atom. The first-order chi connectivity index (χ1) is 18.8. The summed E-state index contributed by atoms with van der Waals surface area (Å²) in [7, 11) is 3.18. The van der Waals surface area contributed by atoms with Crippen LogP contribution in [0.5, 0.6) is 5.75 Å². The first-order valence-electron chi connectivity index (χ1n) is 12.7. The van der Waals surface area contributed by atoms with Gasteiger partial charge in [-0.05, 0) is 41.3 Å². The van der Waals surface area contributed by atoms with E-state index < -0.39 is 18.1 Å². The Hall–Kier alpha value is -3.96. The second-order valence-electron chi connectivity index (χ2n) is 9.44. The van der Waals surface area contributed by atoms with Crippen LogP contribution in [0.4, 0.5) is 16.7 Å². The fraction of sp³-hybridized carbons (Fsp3) is 0.370. The summed E-state index contributed by atoms with van der Waals surface area (Å²) in [6.45, 7) is 4.14. The van der Waals surface area contributed by atoms with Crippen LogP contribution in [0, 0.1) is 0 Å². The highest BCUT2D eigenvalue weighted by Crippen LogP contribution is 2.19. The maximum Gasteiger partial charge on any atom is 0.414 e. The fourth-order valence-electron chi connectivity index (χ4n) is 4.13. The van der Waals surface area contributed by atoms with Gasteiger partial charge in [0.25, 0.3) is 0 Å². The second-order valence-corrected chi connectivity index (χ2v) is 9.78. The molecule has 0 spiro atoms. The zero-order valence-corrected chi connectivity index (χ0v) is 22.7. The molecule has 206 valence electrons. The standard InChI is InChI=1S/C27H32ClN7O4/c1-33(2)27(38)39-21-10-8-20(9-11-21)18-22(23(36)37)29-25-30-24(28)31-26(32-25)35-16-14-34(15-17-35)13-12-19-6-4-3-5-7-19/h3-11,22H,12-18H2,1-2H3,(H,36,37)(H,29,30,31,32)/t22-/m0/s1. The second kappa shape index (κ2) is 13.2. The molecule has 2 aromatic carbocycles. The van der Waals surface area contributed by atoms with Crippen LogP contribution in [0.1, 0.15) is 11.1 Å². The molecule has 1 aromatic heterocycles. The summed E-state index contributed by atoms with van der Waals surface area (Å²) < 4.78 is 5.21. The molecular formula is C27H32ClN7O4. The quantitative estimate of drug-likeness (QED) is 0.387. The minimum absolute atomic E-state index is 0.00907. The van der Waals surface area contributed by atoms with Crippen molar-refractivity contribution in [3.63, 3.8) is 0 Å². The van der Waals surface area contributed by atoms with Gasteiger partial charge in [0.2, 0.25) is 17.2 Å². The number of rotatable bonds is 10. The number of piperazine rings is 1. The Labute approximate surface area is 232 Å². The molecule has 1 aliphatic rings. The van der Waals surface area contributed by atoms with Gasteiger partial charge in [0.1, 0.15) is 11.8 Å². The zero-order valence-electron chi connectivity index (χ0n) is 22.0. The van der Waals surface area contributed by atoms with E-state index in [1.54, 1.807) is 38.4 Å². The number of hydrogen-bond acceptors (Lipinski definition) is 9. The fourth-order valence-corrected chi connectivity index (χ4v) is 4.28. The van der Waals surface area contributed by atoms with E-state index in [0.29, 0.717) is 11.7 Å². The lowest BCUT2D eigenvalue weighted by Crippen LogP contribution is -2.47. The highest BCUT2D eigenvalue weighted by atomic mass is 35.5. The van der Waals surface area contributed by atoms with Gasteiger partial charge in [0, 0.05) is 53.2 Å². The average Bonchev–Trinajstić information content (AvgIpc) is 2.93. The van der Waals surface area contributed by atoms with Crippen molar-refractivity contribution in [3.8, 4) is 5.75 Å². The molecule has 1 amide bonds. The Balaban J connectivity index is 1.35. The summed E-state index contributed by atoms with van der Waals surface area (Å²) in [5.74, 6) is -0.189. The van der Waals surface area contributed by atoms with Crippen molar-refractivity contribution >= 4 is 35.6 Å². The van der Waals surface area contributed by atoms with Gasteiger partial charge in [-0.3, -0.25) is 4.90 Å². The molecule has 1 fully saturated rings. The molecule has 0 radical (unpaired) electrons. The molecule has 39 heavy (non-hydrogen) atoms. The molecule has 2 heterocycles. The molecule has 1 aliphatic heterocycles. The Bertz CT molecular complexity index is 1250. The highest BCUT2D eigenvalue weighted by molar-refractivity contribution is 6.28. The van der Waals surface area contributed by atoms with E-state index in [1.807, 2.05) is 11.0 Å². The smallest absolute Gasteiger partial charge is 0.414 e. The number of aliphatic carboxylic acids is 1. The summed E-state index contributed by atoms with van der Waals surface area (Å²) in [6, 6.07) is 16.0. The number of benzene rings is 2. The molecule has 0 saturated carbocycles. The molecule has 1 saturated heterocycles. The Morgan fingerprint density at radius 1 is 1.00 bits per heavy atom. The normalized spacial score (nSPS) is 14.5. The van der Waals surface area contributed by atoms with Crippen LogP contribution < -0.4 is 15.0 Å². The van der Waals surface area contributed by atoms with Crippen molar-refractivity contribution in [2.45, 2.75) is 18.9 Å². The van der Waals surface area contributed by atoms with E-state index in [1.165, 1.54) is 10.5 Å². The minimum Gasteiger partial charge on any atom is -0.480 e. The Kier molecular flexibility index (Phi) is 9.50. The lowest BCUT2D eigenvalue weighted by atomic mass is 10.1. The number of carbonyl (C=O) groups is 2. The van der Waals surface area contributed by atoms with E-state index in [0.717, 1.165) is 44.7 Å². The molecular weight excluding hydrogens is 522 g/mol. The van der Waals surface area contributed by atoms with Gasteiger partial charge in [-0.2, -0.15) is 15.0 Å². The average molecular weight is 554 g/mol. The number of carboxylic acid groups (broad SMARTS) is 1. The molecule has 11 nitrogen and oxygen atoms in total. The zero-order chi connectivity index (χ0) is 27.8. The SMILES string of the molecule is CN(C)C(=O)Oc1ccc(C[C@H](Nc2nc(Cl)nc(N3CCN(CCc4ccccc4)CC3)n2)C(=O)O)cc1. The third-order valence-corrected chi connectivity index (χ3v) is 6.51. The highest BCUT2D eigenvalue weighted by Gasteiger charge is 2.23. The van der Waals surface area contributed by atoms with Crippen molar-refractivity contribution in [1.29, 1.82) is 0 Å². The van der Waals surface area contributed by atoms with Crippen molar-refractivity contribution in [3.05, 3.63) is 71.0 Å². The maximum absolute atomic E-state index is 12.0. The monoisotopic (exact) mass is 553 g/mol. The van der Waals surface area contributed by atoms with Crippen LogP contribution in [0.3, 0.4) is 0 Å². The van der Waals surface area contributed by atoms with Crippen LogP contribution in [-0.4, -0.2) is 94.8 Å². The Morgan fingerprint density at radius 2 is 1.69 bits per heavy atom. The first-order valence-corrected chi connectivity index (χ1v) is 13.0. The number of ether oxygens (including phenoxy) is 1. The third kappa shape index (κ3) is 8.26. The van der Waals surface area contributed by atoms with E-state index >= 15 is 0 Å². The maximum atomic E-state index is 12.0. The van der Waals surface area contributed by atoms with Crippen molar-refractivity contribution in [1.82, 2.24) is 24.8 Å². The summed E-state index contributed by atoms with van der Waals surface area (Å²) >= 11 is 6.19. The van der Waals surface area contributed by atoms with Gasteiger partial charge in [0.15, 0.2) is 0 Å². The molecule has 4 rings (SSSR count). The van der Waals surface area contributed by atoms with Gasteiger partial charge in [0.05, 0.1) is 0 Å². The van der Waals surface area contributed by atoms with Crippen molar-refractivity contribution in [2.24, 2.45) is 0 Å². The number of nitrogens with one attached hydrogen (secondary N) is 1. The lowest BCUT2D eigenvalue weighted by Gasteiger charge is -2.34. The summed E-state index contributed by atoms with van der Waals surface area (Å²) in [4.78, 5) is 42.3. The van der Waals surface area contributed by atoms with E-state index in [4.69, 9.17) is 16.3 Å². The van der Waals surface area contributed by atoms with Gasteiger partial charge >= 0.3 is 12.1 Å². The lowest BCUT2D eigenvalue weighted by molar-refractivity contribution is -0.137. The number of nitrogens with zero attached hydrogens (tertiary/aromatic N) is 6. The molecule has 2 N–H and O–H groups in total. The van der Waals surface area contributed by atoms with Crippen LogP contribution in [0.2, 0.25) is 5.28 Å². The molecule has 12 heteroatoms. The van der Waals surface area contributed by atoms with Gasteiger partial charge in [-0.15, -0.1) is 0 Å². The van der Waals surface area contributed by atoms with E-state index in [2.05, 4.69) is 49.4 Å². The minimum atomic E-state index is -1.07. The number of carboxylic acids is 1. The number of anilines is 2. The van der Waals surface area contributed by atoms with Crippen LogP contribution >= 0.6 is 11.6 Å². The topological polar surface area (TPSA) is 124 Å². The van der Waals surface area contributed by atoms with E-state index in [-0.39, 0.29) is 17.7 Å². The molecule has 1 atom stereocenters. The van der Waals surface area contributed by atoms with Crippen molar-refractivity contribution in [2.75, 3.05) is 57.0 Å². The molecule has 0 aliphatic carbocycles. The van der Waals surface area contributed by atoms with Gasteiger partial charge in [-0.25, -0.2) is 9.59 Å². The number of amides is 1. The largest absolute Gasteiger partial charge is 0.480 e. The predicted molar refractivity (Wildman–Crippen MR) is 149 cm³/mol. The predicted octanol–water partition coefficient (Wildman–Crippen LogP) is 3.06. The first kappa shape index (κ1) is 28.1. The van der Waals surface area contributed by atoms with Crippen molar-refractivity contribution < 1.29 is 19.4 Å². The van der Waals surface area contributed by atoms with Crippen LogP contribution in [-0.2, 0) is 17.6 Å². The van der Waals surface area contributed by atoms with Gasteiger partial charge < -0.3 is 25.0 Å². The molecule has 3 aromatic rings. The van der Waals surface area contributed by atoms with Gasteiger partial charge in [-0.1, -0.05) is 42.5 Å². The van der Waals surface area contributed by atoms with Crippen LogP contribution in [0.15, 0.2) is 54.6 Å². The number of halogens is 1. The number of carbonyl (C=O) groups excluding carboxylic acids is 1. The third-order valence-electron chi connectivity index (χ3n) is 6.35. The summed E-state index contributed by atoms with van der Waals surface area (Å²) in [5, 5.41) is 12.7. The summed E-state index contributed by atoms with van der Waals surface area (Å²) in [6.07, 6.45) is 0.646. The van der Waals surface area contributed by atoms with Crippen LogP contribution in [0.25, 0.3) is 0 Å².